The third-order valence-electron chi connectivity index (χ3n) is 2.49. The smallest absolute Gasteiger partial charge is 0.0584 e. The van der Waals surface area contributed by atoms with Gasteiger partial charge in [0.2, 0.25) is 0 Å². The van der Waals surface area contributed by atoms with Crippen molar-refractivity contribution >= 4 is 0 Å². The molecule has 0 aliphatic heterocycles. The molecule has 0 aromatic carbocycles. The normalized spacial score (nSPS) is 13.1. The zero-order valence-corrected chi connectivity index (χ0v) is 10.3. The van der Waals surface area contributed by atoms with Crippen molar-refractivity contribution in [1.29, 1.82) is 0 Å². The average Bonchev–Trinajstić information content (AvgIpc) is 2.20. The van der Waals surface area contributed by atoms with Crippen LogP contribution in [0.2, 0.25) is 0 Å². The van der Waals surface area contributed by atoms with E-state index < -0.39 is 0 Å². The van der Waals surface area contributed by atoms with E-state index in [4.69, 9.17) is 5.11 Å². The molecule has 1 atom stereocenters. The minimum Gasteiger partial charge on any atom is -0.395 e. The highest BCUT2D eigenvalue weighted by molar-refractivity contribution is 4.68. The number of rotatable bonds is 10. The van der Waals surface area contributed by atoms with Crippen LogP contribution in [0.3, 0.4) is 0 Å². The zero-order chi connectivity index (χ0) is 11.5. The van der Waals surface area contributed by atoms with Crippen molar-refractivity contribution in [3.8, 4) is 0 Å². The SMILES string of the molecule is C=CCCCCCNC(CO)CC(C)C. The highest BCUT2D eigenvalue weighted by Gasteiger charge is 2.07. The molecule has 1 unspecified atom stereocenters. The van der Waals surface area contributed by atoms with Crippen LogP contribution < -0.4 is 5.32 Å². The van der Waals surface area contributed by atoms with Gasteiger partial charge in [-0.1, -0.05) is 26.3 Å². The van der Waals surface area contributed by atoms with Gasteiger partial charge in [0.15, 0.2) is 0 Å². The maximum absolute atomic E-state index is 9.14. The van der Waals surface area contributed by atoms with Gasteiger partial charge in [-0.15, -0.1) is 6.58 Å². The molecule has 2 N–H and O–H groups in total. The van der Waals surface area contributed by atoms with E-state index in [2.05, 4.69) is 25.7 Å². The summed E-state index contributed by atoms with van der Waals surface area (Å²) in [6, 6.07) is 0.282. The van der Waals surface area contributed by atoms with Crippen LogP contribution in [-0.2, 0) is 0 Å². The third kappa shape index (κ3) is 9.95. The van der Waals surface area contributed by atoms with Gasteiger partial charge in [0, 0.05) is 6.04 Å². The minimum atomic E-state index is 0.255. The second-order valence-electron chi connectivity index (χ2n) is 4.60. The fourth-order valence-corrected chi connectivity index (χ4v) is 1.69. The van der Waals surface area contributed by atoms with Gasteiger partial charge >= 0.3 is 0 Å². The Hall–Kier alpha value is -0.340. The molecule has 0 heterocycles. The van der Waals surface area contributed by atoms with Crippen LogP contribution in [0.25, 0.3) is 0 Å². The summed E-state index contributed by atoms with van der Waals surface area (Å²) >= 11 is 0. The van der Waals surface area contributed by atoms with Gasteiger partial charge in [-0.05, 0) is 38.1 Å². The molecule has 0 aliphatic carbocycles. The Bertz CT molecular complexity index is 145. The fourth-order valence-electron chi connectivity index (χ4n) is 1.69. The van der Waals surface area contributed by atoms with E-state index in [0.29, 0.717) is 5.92 Å². The predicted octanol–water partition coefficient (Wildman–Crippen LogP) is 2.73. The quantitative estimate of drug-likeness (QED) is 0.432. The lowest BCUT2D eigenvalue weighted by molar-refractivity contribution is 0.224. The van der Waals surface area contributed by atoms with Crippen molar-refractivity contribution in [3.05, 3.63) is 12.7 Å². The van der Waals surface area contributed by atoms with Crippen LogP contribution in [-0.4, -0.2) is 24.3 Å². The summed E-state index contributed by atoms with van der Waals surface area (Å²) < 4.78 is 0. The van der Waals surface area contributed by atoms with E-state index in [0.717, 1.165) is 19.4 Å². The monoisotopic (exact) mass is 213 g/mol. The van der Waals surface area contributed by atoms with E-state index in [1.807, 2.05) is 6.08 Å². The van der Waals surface area contributed by atoms with E-state index >= 15 is 0 Å². The lowest BCUT2D eigenvalue weighted by Crippen LogP contribution is -2.34. The van der Waals surface area contributed by atoms with Crippen molar-refractivity contribution in [2.75, 3.05) is 13.2 Å². The van der Waals surface area contributed by atoms with Gasteiger partial charge in [0.1, 0.15) is 0 Å². The molecule has 90 valence electrons. The summed E-state index contributed by atoms with van der Waals surface area (Å²) in [6.07, 6.45) is 7.84. The van der Waals surface area contributed by atoms with E-state index in [1.165, 1.54) is 19.3 Å². The number of aliphatic hydroxyl groups excluding tert-OH is 1. The van der Waals surface area contributed by atoms with Crippen molar-refractivity contribution in [2.45, 2.75) is 52.0 Å². The Labute approximate surface area is 94.8 Å². The van der Waals surface area contributed by atoms with Crippen LogP contribution in [0.4, 0.5) is 0 Å². The maximum atomic E-state index is 9.14. The maximum Gasteiger partial charge on any atom is 0.0584 e. The Morgan fingerprint density at radius 2 is 2.00 bits per heavy atom. The molecule has 0 amide bonds. The Morgan fingerprint density at radius 3 is 2.53 bits per heavy atom. The number of nitrogens with one attached hydrogen (secondary N) is 1. The molecule has 15 heavy (non-hydrogen) atoms. The molecule has 0 radical (unpaired) electrons. The molecule has 0 bridgehead atoms. The lowest BCUT2D eigenvalue weighted by atomic mass is 10.0. The first-order chi connectivity index (χ1) is 7.20. The Balaban J connectivity index is 3.34. The van der Waals surface area contributed by atoms with Crippen LogP contribution in [0, 0.1) is 5.92 Å². The van der Waals surface area contributed by atoms with Crippen molar-refractivity contribution in [2.24, 2.45) is 5.92 Å². The molecule has 0 spiro atoms. The zero-order valence-electron chi connectivity index (χ0n) is 10.3. The van der Waals surface area contributed by atoms with Gasteiger partial charge in [-0.2, -0.15) is 0 Å². The van der Waals surface area contributed by atoms with Crippen molar-refractivity contribution in [1.82, 2.24) is 5.32 Å². The predicted molar refractivity (Wildman–Crippen MR) is 67.0 cm³/mol. The molecule has 0 fully saturated rings. The van der Waals surface area contributed by atoms with E-state index in [1.54, 1.807) is 0 Å². The number of allylic oxidation sites excluding steroid dienone is 1. The second kappa shape index (κ2) is 10.2. The molecule has 0 rings (SSSR count). The van der Waals surface area contributed by atoms with E-state index in [9.17, 15) is 0 Å². The molecule has 0 saturated carbocycles. The van der Waals surface area contributed by atoms with Crippen LogP contribution in [0.15, 0.2) is 12.7 Å². The second-order valence-corrected chi connectivity index (χ2v) is 4.60. The standard InChI is InChI=1S/C13H27NO/c1-4-5-6-7-8-9-14-13(11-15)10-12(2)3/h4,12-15H,1,5-11H2,2-3H3. The number of aliphatic hydroxyl groups is 1. The number of unbranched alkanes of at least 4 members (excludes halogenated alkanes) is 3. The summed E-state index contributed by atoms with van der Waals surface area (Å²) in [6.45, 7) is 9.36. The summed E-state index contributed by atoms with van der Waals surface area (Å²) in [7, 11) is 0. The fraction of sp³-hybridized carbons (Fsp3) is 0.846. The third-order valence-corrected chi connectivity index (χ3v) is 2.49. The van der Waals surface area contributed by atoms with Gasteiger partial charge in [-0.25, -0.2) is 0 Å². The molecule has 0 saturated heterocycles. The van der Waals surface area contributed by atoms with Gasteiger partial charge in [0.25, 0.3) is 0 Å². The topological polar surface area (TPSA) is 32.3 Å². The average molecular weight is 213 g/mol. The number of hydrogen-bond donors (Lipinski definition) is 2. The summed E-state index contributed by atoms with van der Waals surface area (Å²) in [4.78, 5) is 0. The number of hydrogen-bond acceptors (Lipinski definition) is 2. The Kier molecular flexibility index (Phi) is 9.96. The van der Waals surface area contributed by atoms with Crippen LogP contribution >= 0.6 is 0 Å². The summed E-state index contributed by atoms with van der Waals surface area (Å²) in [5.41, 5.74) is 0. The van der Waals surface area contributed by atoms with Crippen LogP contribution in [0.1, 0.15) is 46.0 Å². The highest BCUT2D eigenvalue weighted by Crippen LogP contribution is 2.05. The van der Waals surface area contributed by atoms with Crippen molar-refractivity contribution < 1.29 is 5.11 Å². The van der Waals surface area contributed by atoms with Gasteiger partial charge < -0.3 is 10.4 Å². The van der Waals surface area contributed by atoms with Gasteiger partial charge in [0.05, 0.1) is 6.61 Å². The molecular weight excluding hydrogens is 186 g/mol. The minimum absolute atomic E-state index is 0.255. The first-order valence-corrected chi connectivity index (χ1v) is 6.15. The Morgan fingerprint density at radius 1 is 1.27 bits per heavy atom. The summed E-state index contributed by atoms with van der Waals surface area (Å²) in [5, 5.41) is 12.5. The molecule has 2 nitrogen and oxygen atoms in total. The molecule has 0 aromatic heterocycles. The van der Waals surface area contributed by atoms with Crippen molar-refractivity contribution in [3.63, 3.8) is 0 Å². The van der Waals surface area contributed by atoms with E-state index in [-0.39, 0.29) is 12.6 Å². The molecule has 0 aromatic rings. The highest BCUT2D eigenvalue weighted by atomic mass is 16.3. The first kappa shape index (κ1) is 14.7. The largest absolute Gasteiger partial charge is 0.395 e. The lowest BCUT2D eigenvalue weighted by Gasteiger charge is -2.18. The summed E-state index contributed by atoms with van der Waals surface area (Å²) in [5.74, 6) is 0.649. The van der Waals surface area contributed by atoms with Gasteiger partial charge in [-0.3, -0.25) is 0 Å². The molecular formula is C13H27NO. The first-order valence-electron chi connectivity index (χ1n) is 6.15. The van der Waals surface area contributed by atoms with Crippen LogP contribution in [0.5, 0.6) is 0 Å². The molecule has 2 heteroatoms. The molecule has 0 aliphatic rings.